The molecule has 0 aromatic carbocycles. The van der Waals surface area contributed by atoms with Crippen LogP contribution in [0, 0.1) is 10.1 Å². The van der Waals surface area contributed by atoms with Crippen LogP contribution in [0.5, 0.6) is 0 Å². The van der Waals surface area contributed by atoms with E-state index in [-0.39, 0.29) is 80.9 Å². The van der Waals surface area contributed by atoms with Gasteiger partial charge in [0.1, 0.15) is 0 Å². The van der Waals surface area contributed by atoms with Crippen molar-refractivity contribution >= 4 is 7.82 Å². The second-order valence-corrected chi connectivity index (χ2v) is 1.64. The second-order valence-electron chi connectivity index (χ2n) is 0.706. The monoisotopic (exact) mass is 221 g/mol. The van der Waals surface area contributed by atoms with E-state index in [2.05, 4.69) is 0 Å². The smallest absolute Gasteiger partial charge is 0.790 e. The molecule has 56 valence electrons. The van der Waals surface area contributed by atoms with Gasteiger partial charge in [-0.25, -0.2) is 0 Å². The van der Waals surface area contributed by atoms with Gasteiger partial charge in [0.15, 0.2) is 0 Å². The Hall–Kier alpha value is 1.95. The summed E-state index contributed by atoms with van der Waals surface area (Å²) in [6, 6.07) is 0. The van der Waals surface area contributed by atoms with Crippen LogP contribution in [0.4, 0.5) is 0 Å². The molecule has 0 radical (unpaired) electrons. The zero-order chi connectivity index (χ0) is 8.08. The van der Waals surface area contributed by atoms with Crippen molar-refractivity contribution in [3.63, 3.8) is 0 Å². The molecule has 0 heterocycles. The summed E-state index contributed by atoms with van der Waals surface area (Å²) in [6.07, 6.45) is 0. The molecule has 0 aliphatic carbocycles. The fraction of sp³-hybridized carbons (Fsp3) is 0. The van der Waals surface area contributed by atoms with E-state index in [0.717, 1.165) is 0 Å². The second kappa shape index (κ2) is 11.9. The topological polar surface area (TPSA) is 147 Å². The number of rotatable bonds is 0. The first-order chi connectivity index (χ1) is 3.73. The predicted octanol–water partition coefficient (Wildman–Crippen LogP) is -8.53. The van der Waals surface area contributed by atoms with E-state index in [1.54, 1.807) is 0 Å². The molecule has 0 aliphatic heterocycles. The summed E-state index contributed by atoms with van der Waals surface area (Å²) < 4.78 is 8.66. The molecule has 0 aliphatic rings. The van der Waals surface area contributed by atoms with Crippen LogP contribution in [0.2, 0.25) is 0 Å². The minimum atomic E-state index is -5.14. The molecule has 0 saturated carbocycles. The van der Waals surface area contributed by atoms with Crippen molar-refractivity contribution in [2.24, 2.45) is 0 Å². The van der Waals surface area contributed by atoms with E-state index in [9.17, 15) is 0 Å². The van der Waals surface area contributed by atoms with E-state index < -0.39 is 12.9 Å². The largest absolute Gasteiger partial charge is 1.00 e. The van der Waals surface area contributed by atoms with Gasteiger partial charge in [-0.1, -0.05) is 0 Å². The van der Waals surface area contributed by atoms with Gasteiger partial charge in [0.2, 0.25) is 0 Å². The Morgan fingerprint density at radius 2 is 1.36 bits per heavy atom. The quantitative estimate of drug-likeness (QED) is 0.178. The van der Waals surface area contributed by atoms with Crippen LogP contribution in [0.3, 0.4) is 0 Å². The summed E-state index contributed by atoms with van der Waals surface area (Å²) in [4.78, 5) is 32.6. The third kappa shape index (κ3) is 312. The van der Waals surface area contributed by atoms with Gasteiger partial charge < -0.3 is 24.5 Å². The van der Waals surface area contributed by atoms with Gasteiger partial charge in [-0.3, -0.25) is 0 Å². The molecule has 0 atom stereocenters. The maximum Gasteiger partial charge on any atom is 1.00 e. The first kappa shape index (κ1) is 23.1. The molecule has 0 unspecified atom stereocenters. The van der Waals surface area contributed by atoms with Gasteiger partial charge in [-0.15, -0.1) is 10.1 Å². The molecule has 0 spiro atoms. The van der Waals surface area contributed by atoms with Gasteiger partial charge in [0.05, 0.1) is 7.82 Å². The molecule has 0 rings (SSSR count). The van der Waals surface area contributed by atoms with E-state index in [4.69, 9.17) is 34.6 Å². The third-order valence-electron chi connectivity index (χ3n) is 0. The summed E-state index contributed by atoms with van der Waals surface area (Å²) in [6.45, 7) is 0. The number of hydrogen-bond acceptors (Lipinski definition) is 5. The third-order valence-corrected chi connectivity index (χ3v) is 0. The Labute approximate surface area is 126 Å². The Morgan fingerprint density at radius 1 is 1.36 bits per heavy atom. The Bertz CT molecular complexity index is 118. The SMILES string of the molecule is O=P([O-])([O-])O.O=[N+]([O-])O.[K+].[Na+]. The molecule has 2 N–H and O–H groups in total. The number of nitrogens with zero attached hydrogens (tertiary/aromatic N) is 1. The Balaban J connectivity index is -0.0000000383. The normalized spacial score (nSPS) is 7.55. The molecule has 0 amide bonds. The van der Waals surface area contributed by atoms with Crippen LogP contribution >= 0.6 is 7.82 Å². The van der Waals surface area contributed by atoms with Crippen LogP contribution in [-0.4, -0.2) is 15.2 Å². The van der Waals surface area contributed by atoms with Crippen LogP contribution in [-0.2, 0) is 4.57 Å². The average molecular weight is 221 g/mol. The Morgan fingerprint density at radius 3 is 1.36 bits per heavy atom. The van der Waals surface area contributed by atoms with Crippen LogP contribution < -0.4 is 90.7 Å². The molecule has 11 heteroatoms. The van der Waals surface area contributed by atoms with Crippen LogP contribution in [0.25, 0.3) is 0 Å². The van der Waals surface area contributed by atoms with E-state index >= 15 is 0 Å². The van der Waals surface area contributed by atoms with E-state index in [1.807, 2.05) is 0 Å². The minimum absolute atomic E-state index is 0. The first-order valence-corrected chi connectivity index (χ1v) is 2.81. The summed E-state index contributed by atoms with van der Waals surface area (Å²) in [5.74, 6) is 0. The fourth-order valence-electron chi connectivity index (χ4n) is 0. The van der Waals surface area contributed by atoms with Crippen molar-refractivity contribution in [2.75, 3.05) is 0 Å². The summed E-state index contributed by atoms with van der Waals surface area (Å²) in [5.41, 5.74) is 0. The van der Waals surface area contributed by atoms with E-state index in [1.165, 1.54) is 0 Å². The maximum absolute atomic E-state index is 8.66. The van der Waals surface area contributed by atoms with Gasteiger partial charge in [-0.05, 0) is 0 Å². The molecule has 0 aromatic heterocycles. The molecular formula is H2KNNaO7P. The van der Waals surface area contributed by atoms with Gasteiger partial charge >= 0.3 is 80.9 Å². The Kier molecular flexibility index (Phi) is 25.1. The molecule has 0 fully saturated rings. The van der Waals surface area contributed by atoms with Crippen LogP contribution in [0.15, 0.2) is 0 Å². The average Bonchev–Trinajstić information content (AvgIpc) is 1.19. The van der Waals surface area contributed by atoms with Crippen molar-refractivity contribution in [3.05, 3.63) is 10.1 Å². The zero-order valence-corrected chi connectivity index (χ0v) is 11.8. The molecular weight excluding hydrogens is 219 g/mol. The maximum atomic E-state index is 8.66. The number of phosphoric acid groups is 1. The minimum Gasteiger partial charge on any atom is -0.790 e. The van der Waals surface area contributed by atoms with Crippen molar-refractivity contribution in [1.82, 2.24) is 0 Å². The fourth-order valence-corrected chi connectivity index (χ4v) is 0. The number of hydrogen-bond donors (Lipinski definition) is 2. The zero-order valence-electron chi connectivity index (χ0n) is 5.83. The van der Waals surface area contributed by atoms with Gasteiger partial charge in [0, 0.05) is 0 Å². The summed E-state index contributed by atoms with van der Waals surface area (Å²) in [7, 11) is -5.14. The molecule has 0 aromatic rings. The van der Waals surface area contributed by atoms with Gasteiger partial charge in [-0.2, -0.15) is 0 Å². The molecule has 0 saturated heterocycles. The predicted molar refractivity (Wildman–Crippen MR) is 18.6 cm³/mol. The summed E-state index contributed by atoms with van der Waals surface area (Å²) in [5, 5.41) is 13.6. The summed E-state index contributed by atoms with van der Waals surface area (Å²) >= 11 is 0. The van der Waals surface area contributed by atoms with Gasteiger partial charge in [0.25, 0.3) is 5.09 Å². The molecule has 11 heavy (non-hydrogen) atoms. The standard InChI is InChI=1S/K.HNO3.Na.H3O4P/c;2-1(3)4;;1-5(2,3)4/h;(H,2,3,4);;(H3,1,2,3,4)/q+1;;+1;/p-2. The molecule has 8 nitrogen and oxygen atoms in total. The van der Waals surface area contributed by atoms with Crippen molar-refractivity contribution in [2.45, 2.75) is 0 Å². The molecule has 0 bridgehead atoms. The van der Waals surface area contributed by atoms with Crippen molar-refractivity contribution in [3.8, 4) is 0 Å². The van der Waals surface area contributed by atoms with E-state index in [0.29, 0.717) is 0 Å². The van der Waals surface area contributed by atoms with Crippen molar-refractivity contribution < 1.29 is 110 Å². The van der Waals surface area contributed by atoms with Crippen LogP contribution in [0.1, 0.15) is 0 Å². The first-order valence-electron chi connectivity index (χ1n) is 1.31. The van der Waals surface area contributed by atoms with Crippen molar-refractivity contribution in [1.29, 1.82) is 0 Å².